The molecular formula is C16H24BrClN2. The number of benzene rings is 1. The van der Waals surface area contributed by atoms with Crippen LogP contribution < -0.4 is 5.32 Å². The Morgan fingerprint density at radius 3 is 2.75 bits per heavy atom. The van der Waals surface area contributed by atoms with Crippen LogP contribution in [0.15, 0.2) is 22.7 Å². The highest BCUT2D eigenvalue weighted by atomic mass is 79.9. The zero-order valence-corrected chi connectivity index (χ0v) is 14.9. The molecule has 1 atom stereocenters. The molecule has 1 unspecified atom stereocenters. The standard InChI is InChI=1S/C16H24BrClN2/c1-16(2)8-4-9-20(16)10-7-15(19-3)13-6-5-12(17)11-14(13)18/h5-6,11,15,19H,4,7-10H2,1-3H3. The minimum absolute atomic E-state index is 0.312. The van der Waals surface area contributed by atoms with Gasteiger partial charge >= 0.3 is 0 Å². The first kappa shape index (κ1) is 16.3. The first-order valence-corrected chi connectivity index (χ1v) is 8.48. The topological polar surface area (TPSA) is 15.3 Å². The molecule has 1 N–H and O–H groups in total. The fourth-order valence-electron chi connectivity index (χ4n) is 3.10. The Kier molecular flexibility index (Phi) is 5.52. The normalized spacial score (nSPS) is 20.2. The molecule has 0 saturated carbocycles. The van der Waals surface area contributed by atoms with E-state index in [1.165, 1.54) is 24.9 Å². The summed E-state index contributed by atoms with van der Waals surface area (Å²) in [6.45, 7) is 7.03. The molecule has 0 aliphatic carbocycles. The van der Waals surface area contributed by atoms with Gasteiger partial charge in [0, 0.05) is 27.6 Å². The summed E-state index contributed by atoms with van der Waals surface area (Å²) < 4.78 is 1.03. The summed E-state index contributed by atoms with van der Waals surface area (Å²) in [4.78, 5) is 2.60. The second kappa shape index (κ2) is 6.78. The second-order valence-electron chi connectivity index (χ2n) is 6.20. The summed E-state index contributed by atoms with van der Waals surface area (Å²) in [6, 6.07) is 6.46. The van der Waals surface area contributed by atoms with Gasteiger partial charge in [-0.25, -0.2) is 0 Å². The highest BCUT2D eigenvalue weighted by molar-refractivity contribution is 9.10. The molecular weight excluding hydrogens is 336 g/mol. The lowest BCUT2D eigenvalue weighted by atomic mass is 10.00. The number of nitrogens with zero attached hydrogens (tertiary/aromatic N) is 1. The number of likely N-dealkylation sites (tertiary alicyclic amines) is 1. The van der Waals surface area contributed by atoms with E-state index in [0.29, 0.717) is 11.6 Å². The highest BCUT2D eigenvalue weighted by Gasteiger charge is 2.31. The van der Waals surface area contributed by atoms with Gasteiger partial charge in [0.25, 0.3) is 0 Å². The average Bonchev–Trinajstić information content (AvgIpc) is 2.71. The molecule has 0 radical (unpaired) electrons. The van der Waals surface area contributed by atoms with E-state index in [1.54, 1.807) is 0 Å². The number of nitrogens with one attached hydrogen (secondary N) is 1. The van der Waals surface area contributed by atoms with Crippen molar-refractivity contribution in [3.63, 3.8) is 0 Å². The van der Waals surface area contributed by atoms with Gasteiger partial charge in [0.05, 0.1) is 0 Å². The summed E-state index contributed by atoms with van der Waals surface area (Å²) in [6.07, 6.45) is 3.70. The summed E-state index contributed by atoms with van der Waals surface area (Å²) >= 11 is 9.83. The molecule has 1 fully saturated rings. The Hall–Kier alpha value is -0.0900. The summed E-state index contributed by atoms with van der Waals surface area (Å²) in [5, 5.41) is 4.24. The summed E-state index contributed by atoms with van der Waals surface area (Å²) in [5.41, 5.74) is 1.54. The van der Waals surface area contributed by atoms with E-state index in [4.69, 9.17) is 11.6 Å². The van der Waals surface area contributed by atoms with Gasteiger partial charge in [-0.2, -0.15) is 0 Å². The van der Waals surface area contributed by atoms with E-state index in [1.807, 2.05) is 13.1 Å². The maximum atomic E-state index is 6.37. The molecule has 0 spiro atoms. The molecule has 0 amide bonds. The predicted molar refractivity (Wildman–Crippen MR) is 90.5 cm³/mol. The molecule has 1 aromatic rings. The Bertz CT molecular complexity index is 462. The van der Waals surface area contributed by atoms with Gasteiger partial charge in [-0.15, -0.1) is 0 Å². The molecule has 4 heteroatoms. The molecule has 0 bridgehead atoms. The van der Waals surface area contributed by atoms with E-state index < -0.39 is 0 Å². The van der Waals surface area contributed by atoms with Crippen LogP contribution in [-0.2, 0) is 0 Å². The second-order valence-corrected chi connectivity index (χ2v) is 7.52. The van der Waals surface area contributed by atoms with Crippen molar-refractivity contribution in [2.24, 2.45) is 0 Å². The van der Waals surface area contributed by atoms with Crippen LogP contribution in [0.4, 0.5) is 0 Å². The summed E-state index contributed by atoms with van der Waals surface area (Å²) in [7, 11) is 2.01. The van der Waals surface area contributed by atoms with Gasteiger partial charge < -0.3 is 5.32 Å². The Morgan fingerprint density at radius 2 is 2.20 bits per heavy atom. The molecule has 1 aromatic carbocycles. The SMILES string of the molecule is CNC(CCN1CCCC1(C)C)c1ccc(Br)cc1Cl. The Labute approximate surface area is 136 Å². The molecule has 1 aliphatic rings. The van der Waals surface area contributed by atoms with Crippen LogP contribution in [0, 0.1) is 0 Å². The van der Waals surface area contributed by atoms with Crippen molar-refractivity contribution < 1.29 is 0 Å². The zero-order valence-electron chi connectivity index (χ0n) is 12.5. The molecule has 0 aromatic heterocycles. The highest BCUT2D eigenvalue weighted by Crippen LogP contribution is 2.31. The van der Waals surface area contributed by atoms with E-state index in [2.05, 4.69) is 52.1 Å². The molecule has 1 saturated heterocycles. The lowest BCUT2D eigenvalue weighted by molar-refractivity contribution is 0.167. The van der Waals surface area contributed by atoms with Crippen LogP contribution in [0.1, 0.15) is 44.7 Å². The number of hydrogen-bond acceptors (Lipinski definition) is 2. The van der Waals surface area contributed by atoms with E-state index in [0.717, 1.165) is 22.5 Å². The van der Waals surface area contributed by atoms with Gasteiger partial charge in [-0.1, -0.05) is 33.6 Å². The number of halogens is 2. The van der Waals surface area contributed by atoms with Crippen LogP contribution in [0.5, 0.6) is 0 Å². The maximum Gasteiger partial charge on any atom is 0.0465 e. The lowest BCUT2D eigenvalue weighted by Gasteiger charge is -2.33. The van der Waals surface area contributed by atoms with Gasteiger partial charge in [0.15, 0.2) is 0 Å². The van der Waals surface area contributed by atoms with Crippen molar-refractivity contribution in [1.82, 2.24) is 10.2 Å². The minimum Gasteiger partial charge on any atom is -0.313 e. The third kappa shape index (κ3) is 3.76. The van der Waals surface area contributed by atoms with Crippen molar-refractivity contribution in [1.29, 1.82) is 0 Å². The van der Waals surface area contributed by atoms with E-state index in [-0.39, 0.29) is 0 Å². The molecule has 1 aliphatic heterocycles. The fraction of sp³-hybridized carbons (Fsp3) is 0.625. The van der Waals surface area contributed by atoms with Crippen LogP contribution in [0.3, 0.4) is 0 Å². The van der Waals surface area contributed by atoms with Crippen molar-refractivity contribution in [2.75, 3.05) is 20.1 Å². The van der Waals surface area contributed by atoms with Gasteiger partial charge in [0.1, 0.15) is 0 Å². The molecule has 2 rings (SSSR count). The molecule has 112 valence electrons. The first-order valence-electron chi connectivity index (χ1n) is 7.31. The monoisotopic (exact) mass is 358 g/mol. The first-order chi connectivity index (χ1) is 9.44. The van der Waals surface area contributed by atoms with Crippen LogP contribution in [-0.4, -0.2) is 30.6 Å². The zero-order chi connectivity index (χ0) is 14.8. The Morgan fingerprint density at radius 1 is 1.45 bits per heavy atom. The van der Waals surface area contributed by atoms with Crippen LogP contribution in [0.25, 0.3) is 0 Å². The maximum absolute atomic E-state index is 6.37. The third-order valence-corrected chi connectivity index (χ3v) is 5.27. The Balaban J connectivity index is 2.02. The smallest absolute Gasteiger partial charge is 0.0465 e. The van der Waals surface area contributed by atoms with Crippen molar-refractivity contribution >= 4 is 27.5 Å². The summed E-state index contributed by atoms with van der Waals surface area (Å²) in [5.74, 6) is 0. The van der Waals surface area contributed by atoms with E-state index >= 15 is 0 Å². The van der Waals surface area contributed by atoms with E-state index in [9.17, 15) is 0 Å². The number of hydrogen-bond donors (Lipinski definition) is 1. The van der Waals surface area contributed by atoms with Crippen molar-refractivity contribution in [3.05, 3.63) is 33.3 Å². The van der Waals surface area contributed by atoms with Gasteiger partial charge in [-0.3, -0.25) is 4.90 Å². The number of rotatable bonds is 5. The van der Waals surface area contributed by atoms with Crippen molar-refractivity contribution in [3.8, 4) is 0 Å². The van der Waals surface area contributed by atoms with Gasteiger partial charge in [0.2, 0.25) is 0 Å². The van der Waals surface area contributed by atoms with Crippen LogP contribution in [0.2, 0.25) is 5.02 Å². The lowest BCUT2D eigenvalue weighted by Crippen LogP contribution is -2.39. The quantitative estimate of drug-likeness (QED) is 0.824. The largest absolute Gasteiger partial charge is 0.313 e. The van der Waals surface area contributed by atoms with Gasteiger partial charge in [-0.05, 0) is 64.4 Å². The minimum atomic E-state index is 0.312. The average molecular weight is 360 g/mol. The molecule has 20 heavy (non-hydrogen) atoms. The van der Waals surface area contributed by atoms with Crippen molar-refractivity contribution in [2.45, 2.75) is 44.7 Å². The molecule has 2 nitrogen and oxygen atoms in total. The third-order valence-electron chi connectivity index (χ3n) is 4.45. The molecule has 1 heterocycles. The fourth-order valence-corrected chi connectivity index (χ4v) is 3.91. The van der Waals surface area contributed by atoms with Crippen LogP contribution >= 0.6 is 27.5 Å². The predicted octanol–water partition coefficient (Wildman–Crippen LogP) is 4.63.